The Hall–Kier alpha value is -4.98. The second-order valence-electron chi connectivity index (χ2n) is 7.74. The van der Waals surface area contributed by atoms with E-state index in [9.17, 15) is 9.59 Å². The Morgan fingerprint density at radius 1 is 0.771 bits per heavy atom. The van der Waals surface area contributed by atoms with Crippen molar-refractivity contribution in [1.82, 2.24) is 26.0 Å². The number of H-pyrrole nitrogens is 1. The van der Waals surface area contributed by atoms with E-state index in [0.29, 0.717) is 27.9 Å². The van der Waals surface area contributed by atoms with Crippen LogP contribution in [0.15, 0.2) is 91.0 Å². The van der Waals surface area contributed by atoms with Gasteiger partial charge in [-0.15, -0.1) is 0 Å². The van der Waals surface area contributed by atoms with Gasteiger partial charge in [0.25, 0.3) is 11.8 Å². The minimum Gasteiger partial charge on any atom is -0.497 e. The number of pyridine rings is 1. The topological polar surface area (TPSA) is 109 Å². The molecule has 0 bridgehead atoms. The summed E-state index contributed by atoms with van der Waals surface area (Å²) in [7, 11) is 1.59. The number of aromatic amines is 1. The highest BCUT2D eigenvalue weighted by Gasteiger charge is 2.16. The van der Waals surface area contributed by atoms with Gasteiger partial charge in [-0.3, -0.25) is 25.5 Å². The lowest BCUT2D eigenvalue weighted by Crippen LogP contribution is -2.41. The molecule has 2 aromatic heterocycles. The van der Waals surface area contributed by atoms with Crippen molar-refractivity contribution >= 4 is 22.7 Å². The summed E-state index contributed by atoms with van der Waals surface area (Å²) in [5, 5.41) is 7.57. The fourth-order valence-electron chi connectivity index (χ4n) is 3.72. The molecule has 2 heterocycles. The fraction of sp³-hybridized carbons (Fsp3) is 0.0370. The average Bonchev–Trinajstić information content (AvgIpc) is 3.42. The Morgan fingerprint density at radius 2 is 1.46 bits per heavy atom. The molecule has 35 heavy (non-hydrogen) atoms. The normalized spacial score (nSPS) is 10.7. The van der Waals surface area contributed by atoms with Crippen LogP contribution in [0.25, 0.3) is 33.4 Å². The van der Waals surface area contributed by atoms with Crippen molar-refractivity contribution in [2.75, 3.05) is 7.11 Å². The van der Waals surface area contributed by atoms with Crippen molar-refractivity contribution < 1.29 is 14.3 Å². The van der Waals surface area contributed by atoms with Gasteiger partial charge in [0.15, 0.2) is 0 Å². The zero-order valence-corrected chi connectivity index (χ0v) is 18.8. The molecule has 0 aliphatic rings. The number of hydrogen-bond donors (Lipinski definition) is 3. The summed E-state index contributed by atoms with van der Waals surface area (Å²) in [6.07, 6.45) is 0. The number of aromatic nitrogens is 3. The molecule has 0 aliphatic carbocycles. The van der Waals surface area contributed by atoms with Gasteiger partial charge in [0.05, 0.1) is 29.6 Å². The third-order valence-electron chi connectivity index (χ3n) is 5.53. The molecular weight excluding hydrogens is 442 g/mol. The molecule has 172 valence electrons. The van der Waals surface area contributed by atoms with Crippen molar-refractivity contribution in [1.29, 1.82) is 0 Å². The van der Waals surface area contributed by atoms with Crippen molar-refractivity contribution in [3.05, 3.63) is 102 Å². The number of ether oxygens (including phenoxy) is 1. The molecule has 0 fully saturated rings. The number of carbonyl (C=O) groups is 2. The number of carbonyl (C=O) groups excluding carboxylic acids is 2. The smallest absolute Gasteiger partial charge is 0.287 e. The molecule has 8 heteroatoms. The molecule has 3 aromatic carbocycles. The number of nitrogens with zero attached hydrogens (tertiary/aromatic N) is 2. The molecule has 0 atom stereocenters. The van der Waals surface area contributed by atoms with Crippen LogP contribution in [0.4, 0.5) is 0 Å². The Bertz CT molecular complexity index is 1510. The van der Waals surface area contributed by atoms with E-state index in [1.54, 1.807) is 19.2 Å². The van der Waals surface area contributed by atoms with Crippen LogP contribution in [-0.2, 0) is 0 Å². The first-order valence-electron chi connectivity index (χ1n) is 10.9. The number of benzene rings is 3. The van der Waals surface area contributed by atoms with E-state index in [2.05, 4.69) is 26.0 Å². The first kappa shape index (κ1) is 21.8. The molecule has 5 aromatic rings. The van der Waals surface area contributed by atoms with Crippen molar-refractivity contribution in [3.8, 4) is 28.3 Å². The molecule has 2 amide bonds. The van der Waals surface area contributed by atoms with E-state index in [1.165, 1.54) is 0 Å². The molecule has 0 unspecified atom stereocenters. The summed E-state index contributed by atoms with van der Waals surface area (Å²) in [6.45, 7) is 0. The fourth-order valence-corrected chi connectivity index (χ4v) is 3.72. The number of hydrazine groups is 1. The highest BCUT2D eigenvalue weighted by molar-refractivity contribution is 6.08. The molecule has 0 saturated carbocycles. The van der Waals surface area contributed by atoms with Crippen LogP contribution in [0, 0.1) is 0 Å². The lowest BCUT2D eigenvalue weighted by molar-refractivity contribution is 0.0845. The molecule has 0 aliphatic heterocycles. The first-order chi connectivity index (χ1) is 17.1. The number of rotatable bonds is 5. The summed E-state index contributed by atoms with van der Waals surface area (Å²) >= 11 is 0. The number of hydrogen-bond acceptors (Lipinski definition) is 5. The summed E-state index contributed by atoms with van der Waals surface area (Å²) in [5.41, 5.74) is 9.22. The zero-order chi connectivity index (χ0) is 24.2. The minimum absolute atomic E-state index is 0.209. The van der Waals surface area contributed by atoms with E-state index in [4.69, 9.17) is 4.74 Å². The van der Waals surface area contributed by atoms with Gasteiger partial charge >= 0.3 is 0 Å². The van der Waals surface area contributed by atoms with Crippen LogP contribution in [0.5, 0.6) is 5.75 Å². The molecule has 3 N–H and O–H groups in total. The van der Waals surface area contributed by atoms with Gasteiger partial charge < -0.3 is 4.74 Å². The van der Waals surface area contributed by atoms with E-state index in [-0.39, 0.29) is 5.69 Å². The maximum atomic E-state index is 13.1. The second-order valence-corrected chi connectivity index (χ2v) is 7.74. The van der Waals surface area contributed by atoms with Crippen LogP contribution < -0.4 is 15.6 Å². The Morgan fingerprint density at radius 3 is 2.23 bits per heavy atom. The van der Waals surface area contributed by atoms with Gasteiger partial charge in [0, 0.05) is 16.5 Å². The zero-order valence-electron chi connectivity index (χ0n) is 18.8. The van der Waals surface area contributed by atoms with E-state index in [0.717, 1.165) is 16.9 Å². The molecular formula is C27H21N5O3. The van der Waals surface area contributed by atoms with Gasteiger partial charge in [0.1, 0.15) is 11.4 Å². The summed E-state index contributed by atoms with van der Waals surface area (Å²) in [5.74, 6) is -0.250. The number of nitrogens with one attached hydrogen (secondary N) is 3. The highest BCUT2D eigenvalue weighted by atomic mass is 16.5. The van der Waals surface area contributed by atoms with Gasteiger partial charge in [-0.2, -0.15) is 5.10 Å². The van der Waals surface area contributed by atoms with E-state index < -0.39 is 11.8 Å². The third kappa shape index (κ3) is 4.58. The van der Waals surface area contributed by atoms with E-state index in [1.807, 2.05) is 78.9 Å². The van der Waals surface area contributed by atoms with E-state index >= 15 is 0 Å². The summed E-state index contributed by atoms with van der Waals surface area (Å²) in [4.78, 5) is 30.4. The molecule has 5 rings (SSSR count). The quantitative estimate of drug-likeness (QED) is 0.335. The number of para-hydroxylation sites is 1. The van der Waals surface area contributed by atoms with Crippen LogP contribution in [-0.4, -0.2) is 34.1 Å². The standard InChI is InChI=1S/C27H21N5O3/c1-35-19-13-11-18(12-14-19)24-16-25(30-29-24)27(34)32-31-26(33)21-15-23(17-7-3-2-4-8-17)28-22-10-6-5-9-20(21)22/h2-16H,1H3,(H,29,30)(H,31,33)(H,32,34). The lowest BCUT2D eigenvalue weighted by atomic mass is 10.0. The molecule has 8 nitrogen and oxygen atoms in total. The van der Waals surface area contributed by atoms with Crippen LogP contribution in [0.3, 0.4) is 0 Å². The van der Waals surface area contributed by atoms with Crippen LogP contribution >= 0.6 is 0 Å². The van der Waals surface area contributed by atoms with Crippen molar-refractivity contribution in [3.63, 3.8) is 0 Å². The second kappa shape index (κ2) is 9.48. The third-order valence-corrected chi connectivity index (χ3v) is 5.53. The van der Waals surface area contributed by atoms with Crippen molar-refractivity contribution in [2.45, 2.75) is 0 Å². The largest absolute Gasteiger partial charge is 0.497 e. The molecule has 0 spiro atoms. The number of amides is 2. The molecule has 0 radical (unpaired) electrons. The van der Waals surface area contributed by atoms with Gasteiger partial charge in [0.2, 0.25) is 0 Å². The van der Waals surface area contributed by atoms with Gasteiger partial charge in [-0.1, -0.05) is 48.5 Å². The number of methoxy groups -OCH3 is 1. The predicted molar refractivity (Wildman–Crippen MR) is 133 cm³/mol. The first-order valence-corrected chi connectivity index (χ1v) is 10.9. The Balaban J connectivity index is 1.34. The average molecular weight is 463 g/mol. The SMILES string of the molecule is COc1ccc(-c2cc(C(=O)NNC(=O)c3cc(-c4ccccc4)nc4ccccc34)[nH]n2)cc1. The summed E-state index contributed by atoms with van der Waals surface area (Å²) < 4.78 is 5.16. The minimum atomic E-state index is -0.521. The van der Waals surface area contributed by atoms with Gasteiger partial charge in [-0.05, 0) is 42.5 Å². The Labute approximate surface area is 201 Å². The van der Waals surface area contributed by atoms with Crippen molar-refractivity contribution in [2.24, 2.45) is 0 Å². The maximum absolute atomic E-state index is 13.1. The van der Waals surface area contributed by atoms with Crippen LogP contribution in [0.2, 0.25) is 0 Å². The lowest BCUT2D eigenvalue weighted by Gasteiger charge is -2.11. The maximum Gasteiger partial charge on any atom is 0.287 e. The highest BCUT2D eigenvalue weighted by Crippen LogP contribution is 2.25. The predicted octanol–water partition coefficient (Wildman–Crippen LogP) is 4.38. The number of fused-ring (bicyclic) bond motifs is 1. The van der Waals surface area contributed by atoms with Gasteiger partial charge in [-0.25, -0.2) is 4.98 Å². The monoisotopic (exact) mass is 463 g/mol. The Kier molecular flexibility index (Phi) is 5.92. The van der Waals surface area contributed by atoms with Crippen LogP contribution in [0.1, 0.15) is 20.8 Å². The summed E-state index contributed by atoms with van der Waals surface area (Å²) in [6, 6.07) is 27.6. The molecule has 0 saturated heterocycles.